The fraction of sp³-hybridized carbons (Fsp3) is 0.476. The molecule has 1 N–H and O–H groups in total. The topological polar surface area (TPSA) is 37.3 Å². The molecule has 2 heterocycles. The molecule has 0 radical (unpaired) electrons. The van der Waals surface area contributed by atoms with Crippen LogP contribution >= 0.6 is 0 Å². The number of aromatic nitrogens is 1. The molecule has 2 aromatic rings. The van der Waals surface area contributed by atoms with Crippen molar-refractivity contribution in [1.82, 2.24) is 14.8 Å². The molecule has 1 unspecified atom stereocenters. The van der Waals surface area contributed by atoms with Crippen LogP contribution < -0.4 is 5.32 Å². The van der Waals surface area contributed by atoms with E-state index in [1.54, 1.807) is 0 Å². The van der Waals surface area contributed by atoms with Crippen molar-refractivity contribution in [1.29, 1.82) is 0 Å². The summed E-state index contributed by atoms with van der Waals surface area (Å²) in [4.78, 5) is 15.0. The summed E-state index contributed by atoms with van der Waals surface area (Å²) in [6.07, 6.45) is 6.36. The van der Waals surface area contributed by atoms with Gasteiger partial charge in [0.25, 0.3) is 0 Å². The first-order valence-electron chi connectivity index (χ1n) is 9.26. The third-order valence-electron chi connectivity index (χ3n) is 5.30. The number of rotatable bonds is 6. The molecule has 1 fully saturated rings. The van der Waals surface area contributed by atoms with E-state index < -0.39 is 5.54 Å². The van der Waals surface area contributed by atoms with E-state index in [4.69, 9.17) is 0 Å². The Kier molecular flexibility index (Phi) is 5.59. The van der Waals surface area contributed by atoms with Gasteiger partial charge in [-0.15, -0.1) is 0 Å². The van der Waals surface area contributed by atoms with Gasteiger partial charge < -0.3 is 14.8 Å². The van der Waals surface area contributed by atoms with Crippen molar-refractivity contribution >= 4 is 5.91 Å². The van der Waals surface area contributed by atoms with E-state index in [1.165, 1.54) is 18.4 Å². The van der Waals surface area contributed by atoms with Crippen molar-refractivity contribution in [2.75, 3.05) is 26.2 Å². The quantitative estimate of drug-likeness (QED) is 0.877. The zero-order valence-electron chi connectivity index (χ0n) is 15.3. The number of nitrogens with zero attached hydrogens (tertiary/aromatic N) is 2. The van der Waals surface area contributed by atoms with Crippen LogP contribution in [0.2, 0.25) is 0 Å². The number of piperidine rings is 1. The van der Waals surface area contributed by atoms with Gasteiger partial charge in [0.15, 0.2) is 0 Å². The summed E-state index contributed by atoms with van der Waals surface area (Å²) < 4.78 is 1.95. The first-order chi connectivity index (χ1) is 12.1. The number of carbonyl (C=O) groups is 1. The number of likely N-dealkylation sites (tertiary alicyclic amines) is 1. The van der Waals surface area contributed by atoms with Crippen LogP contribution in [0, 0.1) is 0 Å². The molecule has 1 saturated heterocycles. The molecule has 3 rings (SSSR count). The highest BCUT2D eigenvalue weighted by molar-refractivity contribution is 5.83. The van der Waals surface area contributed by atoms with Crippen LogP contribution in [0.3, 0.4) is 0 Å². The van der Waals surface area contributed by atoms with Crippen LogP contribution in [0.15, 0.2) is 54.9 Å². The second kappa shape index (κ2) is 7.87. The Morgan fingerprint density at radius 3 is 2.60 bits per heavy atom. The van der Waals surface area contributed by atoms with Gasteiger partial charge in [-0.2, -0.15) is 0 Å². The van der Waals surface area contributed by atoms with Gasteiger partial charge in [0.1, 0.15) is 5.54 Å². The van der Waals surface area contributed by atoms with Crippen LogP contribution in [0.4, 0.5) is 0 Å². The fourth-order valence-corrected chi connectivity index (χ4v) is 3.62. The molecular formula is C21H29N3O. The molecule has 0 aliphatic carbocycles. The maximum absolute atomic E-state index is 12.5. The lowest BCUT2D eigenvalue weighted by molar-refractivity contribution is -0.128. The molecule has 25 heavy (non-hydrogen) atoms. The minimum Gasteiger partial charge on any atom is -0.353 e. The maximum atomic E-state index is 12.5. The maximum Gasteiger partial charge on any atom is 0.245 e. The van der Waals surface area contributed by atoms with Crippen LogP contribution in [-0.2, 0) is 10.3 Å². The SMILES string of the molecule is CC(C)(C(=O)NCCN1CCCC(c2ccccc2)C1)n1cccc1. The van der Waals surface area contributed by atoms with Gasteiger partial charge in [-0.05, 0) is 56.8 Å². The number of hydrogen-bond donors (Lipinski definition) is 1. The second-order valence-electron chi connectivity index (χ2n) is 7.46. The summed E-state index contributed by atoms with van der Waals surface area (Å²) in [5.74, 6) is 0.683. The van der Waals surface area contributed by atoms with E-state index in [2.05, 4.69) is 40.5 Å². The molecule has 0 saturated carbocycles. The second-order valence-corrected chi connectivity index (χ2v) is 7.46. The van der Waals surface area contributed by atoms with Crippen LogP contribution in [0.1, 0.15) is 38.2 Å². The highest BCUT2D eigenvalue weighted by Gasteiger charge is 2.28. The van der Waals surface area contributed by atoms with Gasteiger partial charge in [0.05, 0.1) is 0 Å². The molecule has 1 atom stereocenters. The lowest BCUT2D eigenvalue weighted by Gasteiger charge is -2.33. The third kappa shape index (κ3) is 4.31. The number of hydrogen-bond acceptors (Lipinski definition) is 2. The van der Waals surface area contributed by atoms with Gasteiger partial charge in [-0.3, -0.25) is 4.79 Å². The normalized spacial score (nSPS) is 18.9. The molecule has 1 amide bonds. The summed E-state index contributed by atoms with van der Waals surface area (Å²) in [7, 11) is 0. The summed E-state index contributed by atoms with van der Waals surface area (Å²) in [6.45, 7) is 7.73. The minimum atomic E-state index is -0.558. The Morgan fingerprint density at radius 2 is 1.88 bits per heavy atom. The molecular weight excluding hydrogens is 310 g/mol. The van der Waals surface area contributed by atoms with Crippen molar-refractivity contribution in [2.24, 2.45) is 0 Å². The van der Waals surface area contributed by atoms with Crippen molar-refractivity contribution < 1.29 is 4.79 Å². The van der Waals surface area contributed by atoms with E-state index in [9.17, 15) is 4.79 Å². The smallest absolute Gasteiger partial charge is 0.245 e. The summed E-state index contributed by atoms with van der Waals surface area (Å²) >= 11 is 0. The number of carbonyl (C=O) groups excluding carboxylic acids is 1. The first-order valence-corrected chi connectivity index (χ1v) is 9.26. The van der Waals surface area contributed by atoms with Crippen molar-refractivity contribution in [3.63, 3.8) is 0 Å². The van der Waals surface area contributed by atoms with E-state index in [0.29, 0.717) is 12.5 Å². The van der Waals surface area contributed by atoms with Crippen LogP contribution in [-0.4, -0.2) is 41.6 Å². The Balaban J connectivity index is 1.48. The Labute approximate surface area is 150 Å². The highest BCUT2D eigenvalue weighted by Crippen LogP contribution is 2.26. The Morgan fingerprint density at radius 1 is 1.16 bits per heavy atom. The van der Waals surface area contributed by atoms with Crippen LogP contribution in [0.5, 0.6) is 0 Å². The molecule has 4 nitrogen and oxygen atoms in total. The van der Waals surface area contributed by atoms with Crippen molar-refractivity contribution in [2.45, 2.75) is 38.1 Å². The van der Waals surface area contributed by atoms with Gasteiger partial charge in [0.2, 0.25) is 5.91 Å². The Hall–Kier alpha value is -2.07. The van der Waals surface area contributed by atoms with Gasteiger partial charge >= 0.3 is 0 Å². The average molecular weight is 339 g/mol. The van der Waals surface area contributed by atoms with E-state index in [0.717, 1.165) is 19.6 Å². The first kappa shape index (κ1) is 17.7. The molecule has 134 valence electrons. The number of nitrogens with one attached hydrogen (secondary N) is 1. The molecule has 4 heteroatoms. The minimum absolute atomic E-state index is 0.0697. The molecule has 1 aromatic heterocycles. The summed E-state index contributed by atoms with van der Waals surface area (Å²) in [5.41, 5.74) is 0.878. The third-order valence-corrected chi connectivity index (χ3v) is 5.30. The van der Waals surface area contributed by atoms with Gasteiger partial charge in [-0.1, -0.05) is 30.3 Å². The number of benzene rings is 1. The van der Waals surface area contributed by atoms with Crippen molar-refractivity contribution in [3.8, 4) is 0 Å². The van der Waals surface area contributed by atoms with E-state index in [1.807, 2.05) is 42.9 Å². The van der Waals surface area contributed by atoms with Crippen LogP contribution in [0.25, 0.3) is 0 Å². The lowest BCUT2D eigenvalue weighted by Crippen LogP contribution is -2.47. The van der Waals surface area contributed by atoms with Crippen molar-refractivity contribution in [3.05, 3.63) is 60.4 Å². The predicted octanol–water partition coefficient (Wildman–Crippen LogP) is 3.22. The van der Waals surface area contributed by atoms with Gasteiger partial charge in [0, 0.05) is 32.0 Å². The van der Waals surface area contributed by atoms with Gasteiger partial charge in [-0.25, -0.2) is 0 Å². The lowest BCUT2D eigenvalue weighted by atomic mass is 9.91. The monoisotopic (exact) mass is 339 g/mol. The molecule has 0 bridgehead atoms. The molecule has 1 aliphatic rings. The fourth-order valence-electron chi connectivity index (χ4n) is 3.62. The zero-order valence-corrected chi connectivity index (χ0v) is 15.3. The highest BCUT2D eigenvalue weighted by atomic mass is 16.2. The summed E-state index contributed by atoms with van der Waals surface area (Å²) in [5, 5.41) is 3.11. The average Bonchev–Trinajstić information content (AvgIpc) is 3.18. The molecule has 1 aromatic carbocycles. The zero-order chi connectivity index (χ0) is 17.7. The Bertz CT molecular complexity index is 664. The molecule has 1 aliphatic heterocycles. The van der Waals surface area contributed by atoms with E-state index >= 15 is 0 Å². The molecule has 0 spiro atoms. The number of amides is 1. The van der Waals surface area contributed by atoms with E-state index in [-0.39, 0.29) is 5.91 Å². The standard InChI is InChI=1S/C21H29N3O/c1-21(2,24-14-6-7-15-24)20(25)22-12-16-23-13-8-11-19(17-23)18-9-4-3-5-10-18/h3-7,9-10,14-15,19H,8,11-13,16-17H2,1-2H3,(H,22,25). The summed E-state index contributed by atoms with van der Waals surface area (Å²) in [6, 6.07) is 14.7. The largest absolute Gasteiger partial charge is 0.353 e. The predicted molar refractivity (Wildman–Crippen MR) is 102 cm³/mol.